The lowest BCUT2D eigenvalue weighted by atomic mass is 10.1. The highest BCUT2D eigenvalue weighted by Gasteiger charge is 2.23. The molecule has 3 aromatic heterocycles. The lowest BCUT2D eigenvalue weighted by Crippen LogP contribution is -2.31. The number of nitrogens with zero attached hydrogens (tertiary/aromatic N) is 2. The van der Waals surface area contributed by atoms with Crippen molar-refractivity contribution in [2.24, 2.45) is 0 Å². The second-order valence-corrected chi connectivity index (χ2v) is 9.36. The molecule has 9 heteroatoms. The molecule has 0 aliphatic carbocycles. The van der Waals surface area contributed by atoms with Crippen molar-refractivity contribution in [2.45, 2.75) is 26.8 Å². The maximum atomic E-state index is 13.5. The van der Waals surface area contributed by atoms with Crippen LogP contribution >= 0.6 is 34.5 Å². The number of rotatable bonds is 5. The van der Waals surface area contributed by atoms with E-state index in [2.05, 4.69) is 15.6 Å². The average molecular weight is 487 g/mol. The summed E-state index contributed by atoms with van der Waals surface area (Å²) in [4.78, 5) is 30.6. The first-order chi connectivity index (χ1) is 15.3. The minimum absolute atomic E-state index is 0.0688. The monoisotopic (exact) mass is 486 g/mol. The number of thiophene rings is 1. The van der Waals surface area contributed by atoms with Gasteiger partial charge >= 0.3 is 0 Å². The van der Waals surface area contributed by atoms with Crippen molar-refractivity contribution in [3.05, 3.63) is 74.8 Å². The summed E-state index contributed by atoms with van der Waals surface area (Å²) in [6, 6.07) is 10.3. The molecule has 0 spiro atoms. The Morgan fingerprint density at radius 2 is 1.91 bits per heavy atom. The van der Waals surface area contributed by atoms with E-state index in [9.17, 15) is 9.59 Å². The van der Waals surface area contributed by atoms with Gasteiger partial charge in [0.15, 0.2) is 5.82 Å². The van der Waals surface area contributed by atoms with Crippen molar-refractivity contribution in [1.29, 1.82) is 0 Å². The molecule has 2 N–H and O–H groups in total. The van der Waals surface area contributed by atoms with Gasteiger partial charge in [-0.15, -0.1) is 11.3 Å². The Morgan fingerprint density at radius 1 is 1.12 bits per heavy atom. The van der Waals surface area contributed by atoms with Gasteiger partial charge < -0.3 is 10.6 Å². The fraction of sp³-hybridized carbons (Fsp3) is 0.174. The maximum Gasteiger partial charge on any atom is 0.272 e. The predicted octanol–water partition coefficient (Wildman–Crippen LogP) is 6.09. The normalized spacial score (nSPS) is 11.2. The highest BCUT2D eigenvalue weighted by atomic mass is 35.5. The first-order valence-electron chi connectivity index (χ1n) is 9.88. The molecule has 0 unspecified atom stereocenters. The summed E-state index contributed by atoms with van der Waals surface area (Å²) in [5.41, 5.74) is 2.56. The molecule has 0 saturated carbocycles. The number of halogens is 2. The molecule has 0 fully saturated rings. The van der Waals surface area contributed by atoms with Gasteiger partial charge in [-0.25, -0.2) is 4.98 Å². The number of anilines is 1. The van der Waals surface area contributed by atoms with Gasteiger partial charge in [-0.05, 0) is 68.1 Å². The van der Waals surface area contributed by atoms with Gasteiger partial charge in [0, 0.05) is 17.3 Å². The van der Waals surface area contributed by atoms with Crippen LogP contribution in [0.2, 0.25) is 10.0 Å². The van der Waals surface area contributed by atoms with E-state index in [0.717, 1.165) is 10.2 Å². The summed E-state index contributed by atoms with van der Waals surface area (Å²) in [6.07, 6.45) is 1.62. The summed E-state index contributed by atoms with van der Waals surface area (Å²) >= 11 is 14.1. The number of aromatic nitrogens is 2. The third-order valence-electron chi connectivity index (χ3n) is 4.81. The van der Waals surface area contributed by atoms with Crippen molar-refractivity contribution in [3.8, 4) is 5.82 Å². The largest absolute Gasteiger partial charge is 0.350 e. The molecule has 4 aromatic rings. The molecule has 0 radical (unpaired) electrons. The molecule has 3 heterocycles. The lowest BCUT2D eigenvalue weighted by molar-refractivity contribution is 0.0944. The van der Waals surface area contributed by atoms with E-state index in [1.807, 2.05) is 25.3 Å². The standard InChI is InChI=1S/C23H20Cl2N4O2S/c1-12(2)27-22(30)15-10-14(24)9-13(3)20(15)28-23(31)18-11-19-17(6-8-32-19)29(18)21-16(25)5-4-7-26-21/h4-12H,1-3H3,(H,27,30)(H,28,31). The molecular weight excluding hydrogens is 467 g/mol. The first kappa shape index (κ1) is 22.3. The lowest BCUT2D eigenvalue weighted by Gasteiger charge is -2.17. The zero-order valence-corrected chi connectivity index (χ0v) is 19.9. The van der Waals surface area contributed by atoms with Gasteiger partial charge in [-0.3, -0.25) is 14.2 Å². The molecule has 1 aromatic carbocycles. The van der Waals surface area contributed by atoms with Crippen molar-refractivity contribution < 1.29 is 9.59 Å². The number of hydrogen-bond acceptors (Lipinski definition) is 4. The Morgan fingerprint density at radius 3 is 2.62 bits per heavy atom. The molecule has 6 nitrogen and oxygen atoms in total. The molecule has 0 aliphatic rings. The van der Waals surface area contributed by atoms with Crippen LogP contribution in [0.5, 0.6) is 0 Å². The number of aryl methyl sites for hydroxylation is 1. The Bertz CT molecular complexity index is 1340. The zero-order valence-electron chi connectivity index (χ0n) is 17.6. The summed E-state index contributed by atoms with van der Waals surface area (Å²) in [5, 5.41) is 8.54. The summed E-state index contributed by atoms with van der Waals surface area (Å²) in [7, 11) is 0. The highest BCUT2D eigenvalue weighted by molar-refractivity contribution is 7.17. The molecule has 0 aliphatic heterocycles. The van der Waals surface area contributed by atoms with Crippen LogP contribution < -0.4 is 10.6 Å². The molecule has 0 bridgehead atoms. The average Bonchev–Trinajstić information content (AvgIpc) is 3.31. The summed E-state index contributed by atoms with van der Waals surface area (Å²) in [5.74, 6) is -0.248. The molecule has 0 atom stereocenters. The van der Waals surface area contributed by atoms with Crippen molar-refractivity contribution in [3.63, 3.8) is 0 Å². The molecule has 2 amide bonds. The van der Waals surface area contributed by atoms with E-state index in [1.165, 1.54) is 11.3 Å². The Kier molecular flexibility index (Phi) is 6.24. The number of fused-ring (bicyclic) bond motifs is 1. The molecular formula is C23H20Cl2N4O2S. The fourth-order valence-electron chi connectivity index (χ4n) is 3.47. The number of pyridine rings is 1. The number of nitrogens with one attached hydrogen (secondary N) is 2. The van der Waals surface area contributed by atoms with Gasteiger partial charge in [0.25, 0.3) is 11.8 Å². The number of benzene rings is 1. The van der Waals surface area contributed by atoms with Crippen LogP contribution in [-0.4, -0.2) is 27.4 Å². The highest BCUT2D eigenvalue weighted by Crippen LogP contribution is 2.32. The van der Waals surface area contributed by atoms with Crippen LogP contribution in [0.15, 0.2) is 48.0 Å². The van der Waals surface area contributed by atoms with Gasteiger partial charge in [-0.2, -0.15) is 0 Å². The summed E-state index contributed by atoms with van der Waals surface area (Å²) < 4.78 is 2.64. The van der Waals surface area contributed by atoms with Crippen LogP contribution in [0, 0.1) is 6.92 Å². The SMILES string of the molecule is Cc1cc(Cl)cc(C(=O)NC(C)C)c1NC(=O)c1cc2sccc2n1-c1ncccc1Cl. The molecule has 164 valence electrons. The topological polar surface area (TPSA) is 76.0 Å². The number of amides is 2. The van der Waals surface area contributed by atoms with Gasteiger partial charge in [0.2, 0.25) is 0 Å². The van der Waals surface area contributed by atoms with Crippen LogP contribution in [-0.2, 0) is 0 Å². The van der Waals surface area contributed by atoms with Crippen molar-refractivity contribution in [1.82, 2.24) is 14.9 Å². The minimum Gasteiger partial charge on any atom is -0.350 e. The Labute approximate surface area is 199 Å². The fourth-order valence-corrected chi connectivity index (χ4v) is 4.75. The maximum absolute atomic E-state index is 13.5. The first-order valence-corrected chi connectivity index (χ1v) is 11.5. The third-order valence-corrected chi connectivity index (χ3v) is 6.18. The number of carbonyl (C=O) groups excluding carboxylic acids is 2. The second-order valence-electron chi connectivity index (χ2n) is 7.57. The van der Waals surface area contributed by atoms with Gasteiger partial charge in [0.05, 0.1) is 26.5 Å². The predicted molar refractivity (Wildman–Crippen MR) is 131 cm³/mol. The van der Waals surface area contributed by atoms with Crippen LogP contribution in [0.25, 0.3) is 16.0 Å². The van der Waals surface area contributed by atoms with E-state index in [1.54, 1.807) is 48.0 Å². The Balaban J connectivity index is 1.80. The van der Waals surface area contributed by atoms with E-state index in [0.29, 0.717) is 38.4 Å². The third kappa shape index (κ3) is 4.24. The zero-order chi connectivity index (χ0) is 23.0. The molecule has 4 rings (SSSR count). The second kappa shape index (κ2) is 8.94. The smallest absolute Gasteiger partial charge is 0.272 e. The molecule has 32 heavy (non-hydrogen) atoms. The number of hydrogen-bond donors (Lipinski definition) is 2. The van der Waals surface area contributed by atoms with Crippen LogP contribution in [0.4, 0.5) is 5.69 Å². The number of carbonyl (C=O) groups is 2. The van der Waals surface area contributed by atoms with E-state index in [4.69, 9.17) is 23.2 Å². The van der Waals surface area contributed by atoms with E-state index < -0.39 is 0 Å². The van der Waals surface area contributed by atoms with Gasteiger partial charge in [0.1, 0.15) is 5.69 Å². The quantitative estimate of drug-likeness (QED) is 0.358. The van der Waals surface area contributed by atoms with Crippen LogP contribution in [0.1, 0.15) is 40.3 Å². The van der Waals surface area contributed by atoms with E-state index >= 15 is 0 Å². The van der Waals surface area contributed by atoms with Crippen LogP contribution in [0.3, 0.4) is 0 Å². The summed E-state index contributed by atoms with van der Waals surface area (Å²) in [6.45, 7) is 5.52. The minimum atomic E-state index is -0.390. The Hall–Kier alpha value is -2.87. The van der Waals surface area contributed by atoms with E-state index in [-0.39, 0.29) is 17.9 Å². The molecule has 0 saturated heterocycles. The van der Waals surface area contributed by atoms with Crippen molar-refractivity contribution >= 4 is 62.3 Å². The van der Waals surface area contributed by atoms with Crippen molar-refractivity contribution in [2.75, 3.05) is 5.32 Å². The van der Waals surface area contributed by atoms with Gasteiger partial charge in [-0.1, -0.05) is 23.2 Å².